The van der Waals surface area contributed by atoms with Crippen LogP contribution in [0.3, 0.4) is 0 Å². The van der Waals surface area contributed by atoms with Gasteiger partial charge in [0.2, 0.25) is 0 Å². The summed E-state index contributed by atoms with van der Waals surface area (Å²) < 4.78 is 19.5. The Kier molecular flexibility index (Phi) is 7.41. The standard InChI is InChI=1S/C22H35ClN4O4Si/c1-15-19(30-13-16-11-26(12-16)21(28)31-22(2,3)4)17-10-18(23)24-25-20(17)27(15)14-29-8-9-32(5,6)7/h10,16H,8-9,11-14H2,1-7H3. The molecule has 1 aliphatic heterocycles. The van der Waals surface area contributed by atoms with Gasteiger partial charge in [0.1, 0.15) is 18.1 Å². The van der Waals surface area contributed by atoms with Crippen LogP contribution in [0.2, 0.25) is 30.8 Å². The first kappa shape index (κ1) is 24.8. The molecule has 0 spiro atoms. The molecule has 178 valence electrons. The third-order valence-electron chi connectivity index (χ3n) is 5.27. The van der Waals surface area contributed by atoms with E-state index in [1.165, 1.54) is 0 Å². The molecule has 1 saturated heterocycles. The van der Waals surface area contributed by atoms with Crippen LogP contribution in [0, 0.1) is 12.8 Å². The number of nitrogens with zero attached hydrogens (tertiary/aromatic N) is 4. The Morgan fingerprint density at radius 1 is 1.25 bits per heavy atom. The summed E-state index contributed by atoms with van der Waals surface area (Å²) in [6, 6.07) is 2.88. The molecule has 0 aromatic carbocycles. The van der Waals surface area contributed by atoms with Crippen LogP contribution in [0.1, 0.15) is 26.5 Å². The second-order valence-electron chi connectivity index (χ2n) is 10.7. The first-order chi connectivity index (χ1) is 14.8. The highest BCUT2D eigenvalue weighted by Crippen LogP contribution is 2.33. The van der Waals surface area contributed by atoms with Crippen LogP contribution in [-0.4, -0.2) is 65.7 Å². The smallest absolute Gasteiger partial charge is 0.410 e. The lowest BCUT2D eigenvalue weighted by atomic mass is 10.0. The minimum atomic E-state index is -1.16. The van der Waals surface area contributed by atoms with Gasteiger partial charge in [-0.2, -0.15) is 0 Å². The van der Waals surface area contributed by atoms with Crippen LogP contribution in [0.5, 0.6) is 5.75 Å². The number of carbonyl (C=O) groups is 1. The van der Waals surface area contributed by atoms with Crippen LogP contribution in [0.4, 0.5) is 4.79 Å². The number of amides is 1. The molecule has 32 heavy (non-hydrogen) atoms. The average Bonchev–Trinajstić information content (AvgIpc) is 2.86. The van der Waals surface area contributed by atoms with Crippen molar-refractivity contribution in [2.75, 3.05) is 26.3 Å². The van der Waals surface area contributed by atoms with Gasteiger partial charge in [0.15, 0.2) is 10.8 Å². The van der Waals surface area contributed by atoms with Crippen molar-refractivity contribution in [2.24, 2.45) is 5.92 Å². The largest absolute Gasteiger partial charge is 0.491 e. The van der Waals surface area contributed by atoms with Gasteiger partial charge < -0.3 is 23.7 Å². The number of carbonyl (C=O) groups excluding carboxylic acids is 1. The number of halogens is 1. The maximum atomic E-state index is 12.1. The Morgan fingerprint density at radius 2 is 1.94 bits per heavy atom. The summed E-state index contributed by atoms with van der Waals surface area (Å²) in [5, 5.41) is 9.42. The van der Waals surface area contributed by atoms with Crippen molar-refractivity contribution in [1.29, 1.82) is 0 Å². The zero-order valence-corrected chi connectivity index (χ0v) is 22.0. The first-order valence-corrected chi connectivity index (χ1v) is 15.1. The lowest BCUT2D eigenvalue weighted by molar-refractivity contribution is -0.00783. The molecule has 0 aliphatic carbocycles. The molecule has 1 aliphatic rings. The number of ether oxygens (including phenoxy) is 3. The fraction of sp³-hybridized carbons (Fsp3) is 0.682. The van der Waals surface area contributed by atoms with Crippen molar-refractivity contribution in [3.05, 3.63) is 16.9 Å². The lowest BCUT2D eigenvalue weighted by Crippen LogP contribution is -2.53. The monoisotopic (exact) mass is 482 g/mol. The van der Waals surface area contributed by atoms with Gasteiger partial charge in [-0.1, -0.05) is 31.2 Å². The molecule has 8 nitrogen and oxygen atoms in total. The van der Waals surface area contributed by atoms with Crippen molar-refractivity contribution < 1.29 is 19.0 Å². The molecular formula is C22H35ClN4O4Si. The van der Waals surface area contributed by atoms with Crippen molar-refractivity contribution >= 4 is 36.8 Å². The maximum absolute atomic E-state index is 12.1. The summed E-state index contributed by atoms with van der Waals surface area (Å²) in [6.45, 7) is 17.4. The van der Waals surface area contributed by atoms with Crippen LogP contribution >= 0.6 is 11.6 Å². The number of fused-ring (bicyclic) bond motifs is 1. The van der Waals surface area contributed by atoms with Crippen LogP contribution in [0.15, 0.2) is 6.07 Å². The molecule has 0 atom stereocenters. The molecule has 0 unspecified atom stereocenters. The van der Waals surface area contributed by atoms with Gasteiger partial charge in [0.05, 0.1) is 17.7 Å². The van der Waals surface area contributed by atoms with Gasteiger partial charge in [0.25, 0.3) is 0 Å². The molecule has 1 fully saturated rings. The third kappa shape index (κ3) is 6.36. The molecule has 3 rings (SSSR count). The minimum Gasteiger partial charge on any atom is -0.491 e. The van der Waals surface area contributed by atoms with E-state index in [-0.39, 0.29) is 12.0 Å². The van der Waals surface area contributed by atoms with Gasteiger partial charge in [-0.3, -0.25) is 0 Å². The highest BCUT2D eigenvalue weighted by Gasteiger charge is 2.34. The number of hydrogen-bond acceptors (Lipinski definition) is 6. The van der Waals surface area contributed by atoms with Gasteiger partial charge in [0, 0.05) is 33.7 Å². The molecule has 0 bridgehead atoms. The van der Waals surface area contributed by atoms with Crippen molar-refractivity contribution in [3.63, 3.8) is 0 Å². The SMILES string of the molecule is Cc1c(OCC2CN(C(=O)OC(C)(C)C)C2)c2cc(Cl)nnc2n1COCC[Si](C)(C)C. The fourth-order valence-electron chi connectivity index (χ4n) is 3.43. The summed E-state index contributed by atoms with van der Waals surface area (Å²) in [7, 11) is -1.16. The van der Waals surface area contributed by atoms with Crippen molar-refractivity contribution in [3.8, 4) is 5.75 Å². The predicted octanol–water partition coefficient (Wildman–Crippen LogP) is 4.95. The van der Waals surface area contributed by atoms with Crippen LogP contribution in [-0.2, 0) is 16.2 Å². The quantitative estimate of drug-likeness (QED) is 0.391. The van der Waals surface area contributed by atoms with Gasteiger partial charge in [-0.15, -0.1) is 10.2 Å². The maximum Gasteiger partial charge on any atom is 0.410 e. The van der Waals surface area contributed by atoms with E-state index in [2.05, 4.69) is 29.8 Å². The molecule has 3 heterocycles. The number of likely N-dealkylation sites (tertiary alicyclic amines) is 1. The average molecular weight is 483 g/mol. The Balaban J connectivity index is 1.63. The minimum absolute atomic E-state index is 0.249. The zero-order chi connectivity index (χ0) is 23.7. The van der Waals surface area contributed by atoms with E-state index in [0.29, 0.717) is 43.8 Å². The van der Waals surface area contributed by atoms with Crippen molar-refractivity contribution in [2.45, 2.75) is 65.7 Å². The van der Waals surface area contributed by atoms with E-state index in [1.54, 1.807) is 11.0 Å². The van der Waals surface area contributed by atoms with E-state index >= 15 is 0 Å². The summed E-state index contributed by atoms with van der Waals surface area (Å²) in [4.78, 5) is 13.8. The molecule has 0 radical (unpaired) electrons. The molecule has 1 amide bonds. The molecule has 0 N–H and O–H groups in total. The highest BCUT2D eigenvalue weighted by atomic mass is 35.5. The summed E-state index contributed by atoms with van der Waals surface area (Å²) in [6.07, 6.45) is -0.279. The van der Waals surface area contributed by atoms with Crippen LogP contribution in [0.25, 0.3) is 11.0 Å². The third-order valence-corrected chi connectivity index (χ3v) is 7.16. The van der Waals surface area contributed by atoms with E-state index in [9.17, 15) is 4.79 Å². The zero-order valence-electron chi connectivity index (χ0n) is 20.2. The van der Waals surface area contributed by atoms with Crippen molar-refractivity contribution in [1.82, 2.24) is 19.7 Å². The molecule has 2 aromatic rings. The lowest BCUT2D eigenvalue weighted by Gasteiger charge is -2.39. The fourth-order valence-corrected chi connectivity index (χ4v) is 4.33. The number of hydrogen-bond donors (Lipinski definition) is 0. The predicted molar refractivity (Wildman–Crippen MR) is 128 cm³/mol. The summed E-state index contributed by atoms with van der Waals surface area (Å²) in [5.74, 6) is 0.986. The van der Waals surface area contributed by atoms with Crippen LogP contribution < -0.4 is 4.74 Å². The van der Waals surface area contributed by atoms with Gasteiger partial charge >= 0.3 is 6.09 Å². The second-order valence-corrected chi connectivity index (χ2v) is 16.7. The van der Waals surface area contributed by atoms with Gasteiger partial charge in [-0.05, 0) is 39.8 Å². The molecule has 10 heteroatoms. The molecular weight excluding hydrogens is 448 g/mol. The summed E-state index contributed by atoms with van der Waals surface area (Å²) >= 11 is 6.11. The Bertz CT molecular complexity index is 961. The Morgan fingerprint density at radius 3 is 2.56 bits per heavy atom. The molecule has 0 saturated carbocycles. The Hall–Kier alpha value is -1.84. The van der Waals surface area contributed by atoms with Gasteiger partial charge in [-0.25, -0.2) is 4.79 Å². The van der Waals surface area contributed by atoms with E-state index in [1.807, 2.05) is 32.3 Å². The first-order valence-electron chi connectivity index (χ1n) is 11.0. The Labute approximate surface area is 196 Å². The normalized spacial score (nSPS) is 15.2. The number of aromatic nitrogens is 3. The van der Waals surface area contributed by atoms with E-state index < -0.39 is 13.7 Å². The second kappa shape index (κ2) is 9.57. The topological polar surface area (TPSA) is 78.7 Å². The number of rotatable bonds is 8. The van der Waals surface area contributed by atoms with E-state index in [0.717, 1.165) is 22.9 Å². The molecule has 2 aromatic heterocycles. The van der Waals surface area contributed by atoms with E-state index in [4.69, 9.17) is 25.8 Å². The summed E-state index contributed by atoms with van der Waals surface area (Å²) in [5.41, 5.74) is 1.13. The highest BCUT2D eigenvalue weighted by molar-refractivity contribution is 6.76.